The molecule has 8 aromatic carbocycles. The molecule has 2 nitrogen and oxygen atoms in total. The molecule has 0 fully saturated rings. The van der Waals surface area contributed by atoms with Gasteiger partial charge in [-0.05, 0) is 98.7 Å². The van der Waals surface area contributed by atoms with Gasteiger partial charge in [-0.15, -0.1) is 0 Å². The molecule has 0 aliphatic carbocycles. The van der Waals surface area contributed by atoms with E-state index in [2.05, 4.69) is 0 Å². The van der Waals surface area contributed by atoms with E-state index >= 15 is 0 Å². The minimum Gasteiger partial charge on any atom is -0.456 e. The zero-order valence-corrected chi connectivity index (χ0v) is 24.3. The lowest BCUT2D eigenvalue weighted by molar-refractivity contribution is 0.669. The standard InChI is InChI=1S/C46H31NO/c1-4-10-32(11-5-1)35-16-22-39(23-17-35)47(40-24-18-36(19-25-40)33-12-6-2-7-13-33)41-26-27-42-38(30-41)21-29-45-46(42)43-31-37(20-28-44(43)48-45)34-14-8-3-9-15-34/h1-31H/i1D,2D,3D,4D,5D,6D,7D,8D,9D,10D,11D,12D,13D,14D,15D,16D,17D,18D,19D,20D,21D,27D,28D,29D,31D. The highest BCUT2D eigenvalue weighted by molar-refractivity contribution is 6.19. The van der Waals surface area contributed by atoms with Crippen LogP contribution in [0.25, 0.3) is 66.1 Å². The quantitative estimate of drug-likeness (QED) is 0.180. The van der Waals surface area contributed by atoms with Gasteiger partial charge in [0.25, 0.3) is 0 Å². The van der Waals surface area contributed by atoms with E-state index < -0.39 is 184 Å². The average Bonchev–Trinajstić information content (AvgIpc) is 3.75. The number of rotatable bonds is 6. The fraction of sp³-hybridized carbons (Fsp3) is 0. The van der Waals surface area contributed by atoms with Gasteiger partial charge < -0.3 is 9.32 Å². The van der Waals surface area contributed by atoms with Gasteiger partial charge in [0.1, 0.15) is 11.2 Å². The molecule has 0 N–H and O–H groups in total. The maximum absolute atomic E-state index is 9.57. The summed E-state index contributed by atoms with van der Waals surface area (Å²) in [6.07, 6.45) is 0. The van der Waals surface area contributed by atoms with Crippen molar-refractivity contribution in [3.63, 3.8) is 0 Å². The highest BCUT2D eigenvalue weighted by Gasteiger charge is 2.17. The SMILES string of the molecule is [2H]c1cc(N(c2cc([2H])c(-c3c([2H])c([2H])c([2H])c([2H])c3[2H])c([2H])c2)c2cc([2H])c3c(c2)c([2H])c([2H])c2oc4c([2H])c([2H])c(-c5c([2H])c([2H])c([2H])c([2H])c5[2H])c([2H])c4c23)cc([2H])c1-c1c([2H])c([2H])c([2H])c([2H])c1[2H]. The van der Waals surface area contributed by atoms with Gasteiger partial charge in [-0.2, -0.15) is 0 Å². The van der Waals surface area contributed by atoms with E-state index in [0.29, 0.717) is 0 Å². The van der Waals surface area contributed by atoms with Crippen LogP contribution >= 0.6 is 0 Å². The van der Waals surface area contributed by atoms with Crippen molar-refractivity contribution in [2.45, 2.75) is 0 Å². The molecule has 0 atom stereocenters. The zero-order valence-electron chi connectivity index (χ0n) is 49.3. The fourth-order valence-corrected chi connectivity index (χ4v) is 5.28. The predicted molar refractivity (Wildman–Crippen MR) is 202 cm³/mol. The topological polar surface area (TPSA) is 16.4 Å². The third kappa shape index (κ3) is 5.01. The van der Waals surface area contributed by atoms with Crippen molar-refractivity contribution >= 4 is 49.8 Å². The third-order valence-corrected chi connectivity index (χ3v) is 7.43. The minimum atomic E-state index is -0.778. The van der Waals surface area contributed by atoms with E-state index in [4.69, 9.17) is 34.6 Å². The molecule has 0 unspecified atom stereocenters. The van der Waals surface area contributed by atoms with E-state index in [1.807, 2.05) is 0 Å². The summed E-state index contributed by atoms with van der Waals surface area (Å²) in [7, 11) is 0. The summed E-state index contributed by atoms with van der Waals surface area (Å²) in [5, 5.41) is -0.833. The first-order valence-electron chi connectivity index (χ1n) is 26.8. The Kier molecular flexibility index (Phi) is 3.02. The Labute approximate surface area is 314 Å². The van der Waals surface area contributed by atoms with Crippen molar-refractivity contribution in [3.05, 3.63) is 187 Å². The largest absolute Gasteiger partial charge is 0.456 e. The Morgan fingerprint density at radius 2 is 0.875 bits per heavy atom. The molecule has 0 saturated heterocycles. The van der Waals surface area contributed by atoms with Crippen LogP contribution < -0.4 is 4.90 Å². The first-order chi connectivity index (χ1) is 34.1. The summed E-state index contributed by atoms with van der Waals surface area (Å²) in [6.45, 7) is 0. The first kappa shape index (κ1) is 12.3. The monoisotopic (exact) mass is 638 g/mol. The average molecular weight is 639 g/mol. The van der Waals surface area contributed by atoms with Gasteiger partial charge in [-0.3, -0.25) is 0 Å². The molecule has 0 amide bonds. The summed E-state index contributed by atoms with van der Waals surface area (Å²) < 4.78 is 223. The van der Waals surface area contributed by atoms with Crippen LogP contribution in [0.4, 0.5) is 17.1 Å². The van der Waals surface area contributed by atoms with Crippen LogP contribution in [-0.2, 0) is 0 Å². The van der Waals surface area contributed by atoms with Gasteiger partial charge in [0.05, 0.1) is 34.3 Å². The first-order valence-corrected chi connectivity index (χ1v) is 14.3. The second-order valence-corrected chi connectivity index (χ2v) is 10.2. The summed E-state index contributed by atoms with van der Waals surface area (Å²) in [6, 6.07) is -10.0. The van der Waals surface area contributed by atoms with Crippen LogP contribution in [-0.4, -0.2) is 0 Å². The summed E-state index contributed by atoms with van der Waals surface area (Å²) in [4.78, 5) is 1.22. The van der Waals surface area contributed by atoms with E-state index in [1.165, 1.54) is 17.0 Å². The van der Waals surface area contributed by atoms with Crippen LogP contribution in [0.2, 0.25) is 0 Å². The highest BCUT2D eigenvalue weighted by Crippen LogP contribution is 2.41. The maximum Gasteiger partial charge on any atom is 0.136 e. The van der Waals surface area contributed by atoms with E-state index in [9.17, 15) is 4.11 Å². The number of furan rings is 1. The van der Waals surface area contributed by atoms with Crippen LogP contribution in [0.3, 0.4) is 0 Å². The van der Waals surface area contributed by atoms with Gasteiger partial charge >= 0.3 is 0 Å². The van der Waals surface area contributed by atoms with Crippen molar-refractivity contribution in [1.29, 1.82) is 0 Å². The van der Waals surface area contributed by atoms with Crippen LogP contribution in [0.1, 0.15) is 34.3 Å². The van der Waals surface area contributed by atoms with E-state index in [0.717, 1.165) is 24.3 Å². The normalized spacial score (nSPS) is 18.6. The van der Waals surface area contributed by atoms with Gasteiger partial charge in [0.2, 0.25) is 0 Å². The second-order valence-electron chi connectivity index (χ2n) is 10.2. The molecule has 9 aromatic rings. The zero-order chi connectivity index (χ0) is 53.6. The van der Waals surface area contributed by atoms with E-state index in [-0.39, 0.29) is 49.7 Å². The number of fused-ring (bicyclic) bond motifs is 5. The summed E-state index contributed by atoms with van der Waals surface area (Å²) in [5.41, 5.74) is -4.00. The Balaban J connectivity index is 1.36. The maximum atomic E-state index is 9.57. The minimum absolute atomic E-state index is 0.109. The van der Waals surface area contributed by atoms with Gasteiger partial charge in [-0.25, -0.2) is 0 Å². The van der Waals surface area contributed by atoms with Crippen molar-refractivity contribution < 1.29 is 38.7 Å². The summed E-state index contributed by atoms with van der Waals surface area (Å²) in [5.74, 6) is 0. The van der Waals surface area contributed by atoms with Crippen LogP contribution in [0, 0.1) is 0 Å². The number of benzene rings is 8. The molecule has 0 radical (unpaired) electrons. The summed E-state index contributed by atoms with van der Waals surface area (Å²) >= 11 is 0. The van der Waals surface area contributed by atoms with Gasteiger partial charge in [-0.1, -0.05) is 133 Å². The Bertz CT molecular complexity index is 3740. The van der Waals surface area contributed by atoms with Crippen molar-refractivity contribution in [3.8, 4) is 33.4 Å². The fourth-order valence-electron chi connectivity index (χ4n) is 5.28. The molecular formula is C46H31NO. The Morgan fingerprint density at radius 3 is 1.44 bits per heavy atom. The molecule has 0 aliphatic rings. The molecule has 0 saturated carbocycles. The number of anilines is 3. The molecule has 0 bridgehead atoms. The van der Waals surface area contributed by atoms with Crippen molar-refractivity contribution in [2.24, 2.45) is 0 Å². The lowest BCUT2D eigenvalue weighted by Gasteiger charge is -2.26. The molecule has 48 heavy (non-hydrogen) atoms. The lowest BCUT2D eigenvalue weighted by Crippen LogP contribution is -2.09. The Morgan fingerprint density at radius 1 is 0.396 bits per heavy atom. The van der Waals surface area contributed by atoms with E-state index in [1.54, 1.807) is 0 Å². The highest BCUT2D eigenvalue weighted by atomic mass is 16.3. The van der Waals surface area contributed by atoms with Crippen LogP contribution in [0.5, 0.6) is 0 Å². The van der Waals surface area contributed by atoms with Crippen LogP contribution in [0.15, 0.2) is 192 Å². The van der Waals surface area contributed by atoms with Gasteiger partial charge in [0.15, 0.2) is 0 Å². The smallest absolute Gasteiger partial charge is 0.136 e. The molecule has 1 heterocycles. The van der Waals surface area contributed by atoms with Crippen molar-refractivity contribution in [2.75, 3.05) is 4.90 Å². The molecular weight excluding hydrogens is 583 g/mol. The molecule has 1 aromatic heterocycles. The number of hydrogen-bond acceptors (Lipinski definition) is 2. The molecule has 0 aliphatic heterocycles. The molecule has 0 spiro atoms. The molecule has 2 heteroatoms. The third-order valence-electron chi connectivity index (χ3n) is 7.43. The number of hydrogen-bond donors (Lipinski definition) is 0. The Hall–Kier alpha value is -6.38. The molecule has 9 rings (SSSR count). The molecule has 226 valence electrons. The predicted octanol–water partition coefficient (Wildman–Crippen LogP) is 13.2. The lowest BCUT2D eigenvalue weighted by atomic mass is 9.99. The second kappa shape index (κ2) is 11.8. The number of nitrogens with zero attached hydrogens (tertiary/aromatic N) is 1. The van der Waals surface area contributed by atoms with Gasteiger partial charge in [0, 0.05) is 27.8 Å². The van der Waals surface area contributed by atoms with Crippen molar-refractivity contribution in [1.82, 2.24) is 0 Å².